The quantitative estimate of drug-likeness (QED) is 0.630. The molecular weight excluding hydrogens is 334 g/mol. The van der Waals surface area contributed by atoms with E-state index in [0.29, 0.717) is 30.3 Å². The smallest absolute Gasteiger partial charge is 0.410 e. The summed E-state index contributed by atoms with van der Waals surface area (Å²) in [6.45, 7) is 7.68. The van der Waals surface area contributed by atoms with Crippen LogP contribution in [0.25, 0.3) is 0 Å². The Morgan fingerprint density at radius 1 is 1.35 bits per heavy atom. The lowest BCUT2D eigenvalue weighted by Gasteiger charge is -2.34. The van der Waals surface area contributed by atoms with E-state index in [-0.39, 0.29) is 6.09 Å². The van der Waals surface area contributed by atoms with E-state index in [9.17, 15) is 9.59 Å². The van der Waals surface area contributed by atoms with Crippen LogP contribution >= 0.6 is 0 Å². The van der Waals surface area contributed by atoms with Crippen molar-refractivity contribution in [3.05, 3.63) is 23.8 Å². The van der Waals surface area contributed by atoms with Gasteiger partial charge in [0.1, 0.15) is 5.60 Å². The summed E-state index contributed by atoms with van der Waals surface area (Å²) in [6, 6.07) is 5.05. The van der Waals surface area contributed by atoms with Crippen molar-refractivity contribution < 1.29 is 19.1 Å². The lowest BCUT2D eigenvalue weighted by Crippen LogP contribution is -2.44. The van der Waals surface area contributed by atoms with Crippen molar-refractivity contribution in [3.8, 4) is 0 Å². The van der Waals surface area contributed by atoms with Crippen molar-refractivity contribution in [2.24, 2.45) is 5.92 Å². The van der Waals surface area contributed by atoms with Crippen molar-refractivity contribution in [1.82, 2.24) is 4.90 Å². The number of carbonyl (C=O) groups excluding carboxylic acids is 2. The zero-order chi connectivity index (χ0) is 19.3. The predicted octanol–water partition coefficient (Wildman–Crippen LogP) is 3.11. The SMILES string of the molecule is COC(=O)c1ccc(NC[C@@H]2CCCN(C(=O)OC(C)(C)C)C2)c(N)c1. The van der Waals surface area contributed by atoms with Gasteiger partial charge in [0.05, 0.1) is 24.0 Å². The maximum atomic E-state index is 12.2. The minimum atomic E-state index is -0.488. The maximum absolute atomic E-state index is 12.2. The number of carbonyl (C=O) groups is 2. The van der Waals surface area contributed by atoms with E-state index in [1.165, 1.54) is 7.11 Å². The van der Waals surface area contributed by atoms with Gasteiger partial charge in [0, 0.05) is 19.6 Å². The first-order valence-corrected chi connectivity index (χ1v) is 8.89. The summed E-state index contributed by atoms with van der Waals surface area (Å²) >= 11 is 0. The minimum Gasteiger partial charge on any atom is -0.465 e. The maximum Gasteiger partial charge on any atom is 0.410 e. The Morgan fingerprint density at radius 2 is 2.08 bits per heavy atom. The number of methoxy groups -OCH3 is 1. The van der Waals surface area contributed by atoms with Crippen LogP contribution in [0.15, 0.2) is 18.2 Å². The Bertz CT molecular complexity index is 655. The highest BCUT2D eigenvalue weighted by atomic mass is 16.6. The molecule has 1 heterocycles. The molecule has 3 N–H and O–H groups in total. The van der Waals surface area contributed by atoms with E-state index in [4.69, 9.17) is 15.2 Å². The number of nitrogen functional groups attached to an aromatic ring is 1. The number of anilines is 2. The topological polar surface area (TPSA) is 93.9 Å². The van der Waals surface area contributed by atoms with Gasteiger partial charge in [-0.15, -0.1) is 0 Å². The molecule has 1 amide bonds. The molecule has 1 aliphatic heterocycles. The van der Waals surface area contributed by atoms with Crippen LogP contribution in [-0.4, -0.2) is 49.3 Å². The van der Waals surface area contributed by atoms with Crippen molar-refractivity contribution in [2.75, 3.05) is 37.8 Å². The average molecular weight is 363 g/mol. The van der Waals surface area contributed by atoms with E-state index < -0.39 is 11.6 Å². The number of nitrogens with zero attached hydrogens (tertiary/aromatic N) is 1. The molecular formula is C19H29N3O4. The summed E-state index contributed by atoms with van der Waals surface area (Å²) in [4.78, 5) is 25.5. The standard InChI is InChI=1S/C19H29N3O4/c1-19(2,3)26-18(24)22-9-5-6-13(12-22)11-21-16-8-7-14(10-15(16)20)17(23)25-4/h7-8,10,13,21H,5-6,9,11-12,20H2,1-4H3/t13-/m0/s1. The van der Waals surface area contributed by atoms with Gasteiger partial charge in [-0.25, -0.2) is 9.59 Å². The number of benzene rings is 1. The van der Waals surface area contributed by atoms with E-state index in [1.807, 2.05) is 20.8 Å². The van der Waals surface area contributed by atoms with E-state index in [2.05, 4.69) is 5.32 Å². The molecule has 0 bridgehead atoms. The molecule has 26 heavy (non-hydrogen) atoms. The summed E-state index contributed by atoms with van der Waals surface area (Å²) in [5, 5.41) is 3.32. The normalized spacial score (nSPS) is 17.5. The number of piperidine rings is 1. The van der Waals surface area contributed by atoms with Crippen LogP contribution in [0.2, 0.25) is 0 Å². The number of rotatable bonds is 4. The molecule has 7 nitrogen and oxygen atoms in total. The summed E-state index contributed by atoms with van der Waals surface area (Å²) in [7, 11) is 1.34. The van der Waals surface area contributed by atoms with Crippen molar-refractivity contribution in [1.29, 1.82) is 0 Å². The van der Waals surface area contributed by atoms with Crippen LogP contribution in [0.5, 0.6) is 0 Å². The van der Waals surface area contributed by atoms with Gasteiger partial charge in [-0.1, -0.05) is 0 Å². The third-order valence-electron chi connectivity index (χ3n) is 4.22. The molecule has 1 saturated heterocycles. The summed E-state index contributed by atoms with van der Waals surface area (Å²) in [6.07, 6.45) is 1.72. The second-order valence-corrected chi connectivity index (χ2v) is 7.61. The van der Waals surface area contributed by atoms with Crippen LogP contribution in [0.4, 0.5) is 16.2 Å². The third kappa shape index (κ3) is 5.54. The number of amides is 1. The van der Waals surface area contributed by atoms with Gasteiger partial charge in [0.2, 0.25) is 0 Å². The molecule has 0 saturated carbocycles. The Hall–Kier alpha value is -2.44. The average Bonchev–Trinajstić information content (AvgIpc) is 2.58. The van der Waals surface area contributed by atoms with Crippen LogP contribution in [-0.2, 0) is 9.47 Å². The first kappa shape index (κ1) is 19.9. The predicted molar refractivity (Wildman–Crippen MR) is 101 cm³/mol. The molecule has 0 aliphatic carbocycles. The van der Waals surface area contributed by atoms with Gasteiger partial charge in [0.15, 0.2) is 0 Å². The molecule has 0 radical (unpaired) electrons. The van der Waals surface area contributed by atoms with Gasteiger partial charge >= 0.3 is 12.1 Å². The van der Waals surface area contributed by atoms with Crippen molar-refractivity contribution >= 4 is 23.4 Å². The van der Waals surface area contributed by atoms with Crippen LogP contribution in [0, 0.1) is 5.92 Å². The van der Waals surface area contributed by atoms with Gasteiger partial charge in [-0.3, -0.25) is 0 Å². The Balaban J connectivity index is 1.91. The van der Waals surface area contributed by atoms with Crippen LogP contribution in [0.3, 0.4) is 0 Å². The Labute approximate surface area is 154 Å². The first-order chi connectivity index (χ1) is 12.2. The van der Waals surface area contributed by atoms with E-state index in [1.54, 1.807) is 23.1 Å². The summed E-state index contributed by atoms with van der Waals surface area (Å²) in [5.74, 6) is -0.0977. The molecule has 0 spiro atoms. The third-order valence-corrected chi connectivity index (χ3v) is 4.22. The van der Waals surface area contributed by atoms with Crippen molar-refractivity contribution in [3.63, 3.8) is 0 Å². The number of hydrogen-bond donors (Lipinski definition) is 2. The lowest BCUT2D eigenvalue weighted by molar-refractivity contribution is 0.0172. The molecule has 1 aromatic carbocycles. The Kier molecular flexibility index (Phi) is 6.34. The molecule has 0 aromatic heterocycles. The zero-order valence-corrected chi connectivity index (χ0v) is 16.0. The largest absolute Gasteiger partial charge is 0.465 e. The molecule has 2 rings (SSSR count). The van der Waals surface area contributed by atoms with Gasteiger partial charge < -0.3 is 25.4 Å². The summed E-state index contributed by atoms with van der Waals surface area (Å²) < 4.78 is 10.1. The number of esters is 1. The summed E-state index contributed by atoms with van der Waals surface area (Å²) in [5.41, 5.74) is 7.22. The van der Waals surface area contributed by atoms with Gasteiger partial charge in [-0.2, -0.15) is 0 Å². The Morgan fingerprint density at radius 3 is 2.69 bits per heavy atom. The van der Waals surface area contributed by atoms with E-state index in [0.717, 1.165) is 25.1 Å². The molecule has 0 unspecified atom stereocenters. The van der Waals surface area contributed by atoms with Gasteiger partial charge in [0.25, 0.3) is 0 Å². The zero-order valence-electron chi connectivity index (χ0n) is 16.0. The van der Waals surface area contributed by atoms with Crippen molar-refractivity contribution in [2.45, 2.75) is 39.2 Å². The highest BCUT2D eigenvalue weighted by molar-refractivity contribution is 5.91. The van der Waals surface area contributed by atoms with E-state index >= 15 is 0 Å². The number of nitrogens with two attached hydrogens (primary N) is 1. The highest BCUT2D eigenvalue weighted by Crippen LogP contribution is 2.23. The lowest BCUT2D eigenvalue weighted by atomic mass is 9.98. The minimum absolute atomic E-state index is 0.260. The second kappa shape index (κ2) is 8.29. The number of hydrogen-bond acceptors (Lipinski definition) is 6. The van der Waals surface area contributed by atoms with Crippen LogP contribution < -0.4 is 11.1 Å². The highest BCUT2D eigenvalue weighted by Gasteiger charge is 2.27. The fourth-order valence-electron chi connectivity index (χ4n) is 2.95. The molecule has 1 atom stereocenters. The fourth-order valence-corrected chi connectivity index (χ4v) is 2.95. The monoisotopic (exact) mass is 363 g/mol. The number of nitrogens with one attached hydrogen (secondary N) is 1. The molecule has 1 aliphatic rings. The molecule has 7 heteroatoms. The molecule has 144 valence electrons. The number of likely N-dealkylation sites (tertiary alicyclic amines) is 1. The second-order valence-electron chi connectivity index (χ2n) is 7.61. The molecule has 1 fully saturated rings. The fraction of sp³-hybridized carbons (Fsp3) is 0.579. The van der Waals surface area contributed by atoms with Gasteiger partial charge in [-0.05, 0) is 57.7 Å². The first-order valence-electron chi connectivity index (χ1n) is 8.89. The number of ether oxygens (including phenoxy) is 2. The van der Waals surface area contributed by atoms with Crippen LogP contribution in [0.1, 0.15) is 44.0 Å². The molecule has 1 aromatic rings.